The zero-order valence-electron chi connectivity index (χ0n) is 10.1. The SMILES string of the molecule is CCOC(=O)/C([O-])=C/c1ccccc1[N+](=O)[O-].[K+]. The molecule has 0 unspecified atom stereocenters. The molecule has 0 aromatic heterocycles. The van der Waals surface area contributed by atoms with Crippen LogP contribution in [0, 0.1) is 10.1 Å². The van der Waals surface area contributed by atoms with Gasteiger partial charge in [-0.2, -0.15) is 0 Å². The van der Waals surface area contributed by atoms with Gasteiger partial charge in [0, 0.05) is 6.07 Å². The molecule has 1 aromatic rings. The largest absolute Gasteiger partial charge is 1.00 e. The first kappa shape index (κ1) is 17.3. The maximum Gasteiger partial charge on any atom is 1.00 e. The van der Waals surface area contributed by atoms with Crippen LogP contribution >= 0.6 is 0 Å². The number of carbonyl (C=O) groups is 1. The van der Waals surface area contributed by atoms with Crippen LogP contribution in [0.2, 0.25) is 0 Å². The fourth-order valence-electron chi connectivity index (χ4n) is 1.18. The molecule has 1 rings (SSSR count). The molecule has 0 radical (unpaired) electrons. The number of para-hydroxylation sites is 1. The molecule has 0 bridgehead atoms. The molecule has 7 heteroatoms. The fraction of sp³-hybridized carbons (Fsp3) is 0.182. The molecule has 0 saturated heterocycles. The summed E-state index contributed by atoms with van der Waals surface area (Å²) in [6.07, 6.45) is 0.899. The topological polar surface area (TPSA) is 92.5 Å². The maximum atomic E-state index is 11.3. The molecular weight excluding hydrogens is 265 g/mol. The Morgan fingerprint density at radius 1 is 1.44 bits per heavy atom. The Labute approximate surface area is 146 Å². The monoisotopic (exact) mass is 275 g/mol. The number of rotatable bonds is 4. The van der Waals surface area contributed by atoms with Crippen LogP contribution in [0.4, 0.5) is 5.69 Å². The number of hydrogen-bond donors (Lipinski definition) is 0. The third-order valence-corrected chi connectivity index (χ3v) is 1.90. The smallest absolute Gasteiger partial charge is 0.868 e. The van der Waals surface area contributed by atoms with Crippen LogP contribution in [-0.4, -0.2) is 17.5 Å². The first-order chi connectivity index (χ1) is 8.06. The molecule has 1 aromatic carbocycles. The fourth-order valence-corrected chi connectivity index (χ4v) is 1.18. The van der Waals surface area contributed by atoms with E-state index in [9.17, 15) is 20.0 Å². The summed E-state index contributed by atoms with van der Waals surface area (Å²) in [6.45, 7) is 1.64. The summed E-state index contributed by atoms with van der Waals surface area (Å²) in [7, 11) is 0. The van der Waals surface area contributed by atoms with Gasteiger partial charge in [-0.1, -0.05) is 12.1 Å². The zero-order valence-corrected chi connectivity index (χ0v) is 13.2. The molecule has 0 saturated carbocycles. The van der Waals surface area contributed by atoms with Crippen molar-refractivity contribution < 1.29 is 70.9 Å². The Balaban J connectivity index is 0.00000289. The average Bonchev–Trinajstić information content (AvgIpc) is 2.29. The van der Waals surface area contributed by atoms with Gasteiger partial charge in [-0.05, 0) is 24.8 Å². The van der Waals surface area contributed by atoms with Crippen molar-refractivity contribution in [2.24, 2.45) is 0 Å². The molecule has 0 amide bonds. The number of ether oxygens (including phenoxy) is 1. The van der Waals surface area contributed by atoms with Crippen molar-refractivity contribution >= 4 is 17.7 Å². The molecule has 0 aliphatic carbocycles. The Morgan fingerprint density at radius 3 is 2.61 bits per heavy atom. The van der Waals surface area contributed by atoms with E-state index in [-0.39, 0.29) is 69.2 Å². The Kier molecular flexibility index (Phi) is 8.04. The van der Waals surface area contributed by atoms with Gasteiger partial charge in [0.2, 0.25) is 0 Å². The van der Waals surface area contributed by atoms with Crippen LogP contribution in [0.5, 0.6) is 0 Å². The number of nitro groups is 1. The number of carbonyl (C=O) groups excluding carboxylic acids is 1. The van der Waals surface area contributed by atoms with E-state index in [0.29, 0.717) is 0 Å². The summed E-state index contributed by atoms with van der Waals surface area (Å²) in [5.41, 5.74) is -0.152. The standard InChI is InChI=1S/C11H11NO5.K/c1-2-17-11(14)10(13)7-8-5-3-4-6-9(8)12(15)16;/h3-7,13H,2H2,1H3;/q;+1/p-1/b10-7-;. The molecular formula is C11H10KNO5. The summed E-state index contributed by atoms with van der Waals surface area (Å²) in [4.78, 5) is 21.1. The van der Waals surface area contributed by atoms with Gasteiger partial charge in [0.05, 0.1) is 17.1 Å². The van der Waals surface area contributed by atoms with Crippen LogP contribution in [0.1, 0.15) is 12.5 Å². The summed E-state index contributed by atoms with van der Waals surface area (Å²) in [5.74, 6) is -1.94. The maximum absolute atomic E-state index is 11.3. The summed E-state index contributed by atoms with van der Waals surface area (Å²) in [5, 5.41) is 22.0. The van der Waals surface area contributed by atoms with E-state index in [4.69, 9.17) is 0 Å². The third kappa shape index (κ3) is 4.87. The van der Waals surface area contributed by atoms with Crippen molar-refractivity contribution in [1.82, 2.24) is 0 Å². The molecule has 0 heterocycles. The van der Waals surface area contributed by atoms with E-state index in [0.717, 1.165) is 6.08 Å². The molecule has 0 spiro atoms. The van der Waals surface area contributed by atoms with Gasteiger partial charge in [-0.15, -0.1) is 0 Å². The molecule has 0 fully saturated rings. The molecule has 90 valence electrons. The summed E-state index contributed by atoms with van der Waals surface area (Å²) >= 11 is 0. The van der Waals surface area contributed by atoms with E-state index in [1.165, 1.54) is 24.3 Å². The van der Waals surface area contributed by atoms with Crippen LogP contribution in [0.25, 0.3) is 6.08 Å². The van der Waals surface area contributed by atoms with Crippen LogP contribution in [0.3, 0.4) is 0 Å². The number of nitro benzene ring substituents is 1. The molecule has 6 nitrogen and oxygen atoms in total. The molecule has 0 aliphatic heterocycles. The van der Waals surface area contributed by atoms with E-state index >= 15 is 0 Å². The Morgan fingerprint density at radius 2 is 2.06 bits per heavy atom. The molecule has 0 aliphatic rings. The first-order valence-corrected chi connectivity index (χ1v) is 4.85. The predicted octanol–water partition coefficient (Wildman–Crippen LogP) is -2.14. The van der Waals surface area contributed by atoms with Crippen molar-refractivity contribution in [1.29, 1.82) is 0 Å². The normalized spacial score (nSPS) is 10.4. The number of nitrogens with zero attached hydrogens (tertiary/aromatic N) is 1. The van der Waals surface area contributed by atoms with Gasteiger partial charge < -0.3 is 9.84 Å². The van der Waals surface area contributed by atoms with Crippen LogP contribution in [-0.2, 0) is 9.53 Å². The van der Waals surface area contributed by atoms with Gasteiger partial charge in [-0.25, -0.2) is 4.79 Å². The molecule has 18 heavy (non-hydrogen) atoms. The van der Waals surface area contributed by atoms with E-state index in [2.05, 4.69) is 4.74 Å². The Hall–Kier alpha value is -0.734. The van der Waals surface area contributed by atoms with Gasteiger partial charge in [0.25, 0.3) is 5.69 Å². The summed E-state index contributed by atoms with van der Waals surface area (Å²) < 4.78 is 4.49. The van der Waals surface area contributed by atoms with E-state index < -0.39 is 16.7 Å². The Bertz CT molecular complexity index is 472. The molecule has 0 N–H and O–H groups in total. The average molecular weight is 275 g/mol. The molecule has 0 atom stereocenters. The second kappa shape index (κ2) is 8.38. The second-order valence-corrected chi connectivity index (χ2v) is 3.04. The van der Waals surface area contributed by atoms with E-state index in [1.807, 2.05) is 0 Å². The predicted molar refractivity (Wildman–Crippen MR) is 57.7 cm³/mol. The third-order valence-electron chi connectivity index (χ3n) is 1.90. The van der Waals surface area contributed by atoms with Gasteiger partial charge in [0.15, 0.2) is 0 Å². The van der Waals surface area contributed by atoms with Crippen LogP contribution < -0.4 is 56.5 Å². The minimum atomic E-state index is -1.02. The first-order valence-electron chi connectivity index (χ1n) is 4.85. The number of hydrogen-bond acceptors (Lipinski definition) is 5. The van der Waals surface area contributed by atoms with Gasteiger partial charge in [0.1, 0.15) is 0 Å². The van der Waals surface area contributed by atoms with Crippen molar-refractivity contribution in [3.63, 3.8) is 0 Å². The zero-order chi connectivity index (χ0) is 12.8. The summed E-state index contributed by atoms with van der Waals surface area (Å²) in [6, 6.07) is 5.65. The van der Waals surface area contributed by atoms with Crippen molar-refractivity contribution in [2.75, 3.05) is 6.61 Å². The minimum absolute atomic E-state index is 0. The second-order valence-electron chi connectivity index (χ2n) is 3.04. The van der Waals surface area contributed by atoms with Crippen LogP contribution in [0.15, 0.2) is 30.0 Å². The van der Waals surface area contributed by atoms with E-state index in [1.54, 1.807) is 6.92 Å². The van der Waals surface area contributed by atoms with Gasteiger partial charge in [-0.3, -0.25) is 10.1 Å². The van der Waals surface area contributed by atoms with Crippen molar-refractivity contribution in [3.05, 3.63) is 45.7 Å². The minimum Gasteiger partial charge on any atom is -0.868 e. The van der Waals surface area contributed by atoms with Crippen molar-refractivity contribution in [3.8, 4) is 0 Å². The number of esters is 1. The quantitative estimate of drug-likeness (QED) is 0.156. The van der Waals surface area contributed by atoms with Gasteiger partial charge >= 0.3 is 57.4 Å². The number of benzene rings is 1. The van der Waals surface area contributed by atoms with Crippen molar-refractivity contribution in [2.45, 2.75) is 6.92 Å².